The van der Waals surface area contributed by atoms with Crippen molar-refractivity contribution in [3.63, 3.8) is 0 Å². The van der Waals surface area contributed by atoms with Crippen molar-refractivity contribution in [3.05, 3.63) is 0 Å². The van der Waals surface area contributed by atoms with E-state index in [9.17, 15) is 0 Å². The minimum Gasteiger partial charge on any atom is -0.481 e. The van der Waals surface area contributed by atoms with Gasteiger partial charge in [0.25, 0.3) is 0 Å². The first-order chi connectivity index (χ1) is 4.29. The van der Waals surface area contributed by atoms with Crippen molar-refractivity contribution in [1.29, 1.82) is 0 Å². The molecule has 0 spiro atoms. The molecule has 1 rings (SSSR count). The zero-order valence-electron chi connectivity index (χ0n) is 6.00. The Balaban J connectivity index is 2.20. The molecule has 0 aromatic heterocycles. The molecule has 52 valence electrons. The Morgan fingerprint density at radius 3 is 3.00 bits per heavy atom. The second kappa shape index (κ2) is 2.85. The predicted octanol–water partition coefficient (Wildman–Crippen LogP) is 1.46. The molecule has 9 heavy (non-hydrogen) atoms. The molecule has 2 heteroatoms. The Hall–Kier alpha value is -0.530. The summed E-state index contributed by atoms with van der Waals surface area (Å²) in [5, 5.41) is 0. The molecule has 2 nitrogen and oxygen atoms in total. The van der Waals surface area contributed by atoms with Crippen LogP contribution in [0.1, 0.15) is 20.3 Å². The Bertz CT molecular complexity index is 109. The van der Waals surface area contributed by atoms with Gasteiger partial charge in [0.15, 0.2) is 6.40 Å². The lowest BCUT2D eigenvalue weighted by atomic mass is 10.1. The summed E-state index contributed by atoms with van der Waals surface area (Å²) in [7, 11) is 0. The van der Waals surface area contributed by atoms with Gasteiger partial charge in [-0.25, -0.2) is 0 Å². The number of ether oxygens (including phenoxy) is 1. The minimum atomic E-state index is 0.435. The first-order valence-electron chi connectivity index (χ1n) is 3.42. The molecule has 0 saturated heterocycles. The average molecular weight is 127 g/mol. The lowest BCUT2D eigenvalue weighted by Crippen LogP contribution is -2.09. The van der Waals surface area contributed by atoms with E-state index in [1.165, 1.54) is 0 Å². The van der Waals surface area contributed by atoms with Crippen LogP contribution in [0.4, 0.5) is 0 Å². The fourth-order valence-corrected chi connectivity index (χ4v) is 0.999. The van der Waals surface area contributed by atoms with E-state index in [1.807, 2.05) is 0 Å². The Morgan fingerprint density at radius 1 is 1.78 bits per heavy atom. The van der Waals surface area contributed by atoms with Crippen molar-refractivity contribution < 1.29 is 4.74 Å². The van der Waals surface area contributed by atoms with Gasteiger partial charge in [0, 0.05) is 0 Å². The molecule has 0 saturated carbocycles. The van der Waals surface area contributed by atoms with Crippen LogP contribution in [-0.2, 0) is 4.74 Å². The van der Waals surface area contributed by atoms with Crippen molar-refractivity contribution in [2.45, 2.75) is 26.3 Å². The van der Waals surface area contributed by atoms with Crippen molar-refractivity contribution in [2.24, 2.45) is 10.9 Å². The van der Waals surface area contributed by atoms with Crippen molar-refractivity contribution in [1.82, 2.24) is 0 Å². The Morgan fingerprint density at radius 2 is 2.56 bits per heavy atom. The van der Waals surface area contributed by atoms with Gasteiger partial charge in [-0.15, -0.1) is 0 Å². The maximum absolute atomic E-state index is 4.97. The largest absolute Gasteiger partial charge is 0.481 e. The van der Waals surface area contributed by atoms with Gasteiger partial charge in [-0.2, -0.15) is 0 Å². The van der Waals surface area contributed by atoms with Crippen LogP contribution in [-0.4, -0.2) is 19.0 Å². The average Bonchev–Trinajstić information content (AvgIpc) is 2.15. The molecular weight excluding hydrogens is 114 g/mol. The summed E-state index contributed by atoms with van der Waals surface area (Å²) in [5.41, 5.74) is 0. The monoisotopic (exact) mass is 127 g/mol. The molecule has 0 amide bonds. The van der Waals surface area contributed by atoms with Gasteiger partial charge in [-0.3, -0.25) is 4.99 Å². The molecule has 1 aliphatic heterocycles. The lowest BCUT2D eigenvalue weighted by Gasteiger charge is -2.06. The summed E-state index contributed by atoms with van der Waals surface area (Å²) in [6, 6.07) is 0.435. The predicted molar refractivity (Wildman–Crippen MR) is 37.7 cm³/mol. The van der Waals surface area contributed by atoms with Gasteiger partial charge in [0.1, 0.15) is 6.61 Å². The molecule has 0 bridgehead atoms. The van der Waals surface area contributed by atoms with Gasteiger partial charge in [0.2, 0.25) is 0 Å². The van der Waals surface area contributed by atoms with Crippen molar-refractivity contribution in [3.8, 4) is 0 Å². The van der Waals surface area contributed by atoms with Gasteiger partial charge in [-0.05, 0) is 12.3 Å². The van der Waals surface area contributed by atoms with Crippen LogP contribution in [0.3, 0.4) is 0 Å². The highest BCUT2D eigenvalue weighted by Crippen LogP contribution is 2.10. The number of aliphatic imine (C=N–C) groups is 1. The Labute approximate surface area is 55.9 Å². The summed E-state index contributed by atoms with van der Waals surface area (Å²) in [6.07, 6.45) is 2.71. The van der Waals surface area contributed by atoms with E-state index in [-0.39, 0.29) is 0 Å². The number of rotatable bonds is 2. The maximum Gasteiger partial charge on any atom is 0.169 e. The van der Waals surface area contributed by atoms with Crippen LogP contribution < -0.4 is 0 Å². The van der Waals surface area contributed by atoms with Crippen LogP contribution >= 0.6 is 0 Å². The number of nitrogens with zero attached hydrogens (tertiary/aromatic N) is 1. The van der Waals surface area contributed by atoms with E-state index < -0.39 is 0 Å². The van der Waals surface area contributed by atoms with Crippen molar-refractivity contribution >= 4 is 6.40 Å². The van der Waals surface area contributed by atoms with E-state index in [0.29, 0.717) is 6.04 Å². The normalized spacial score (nSPS) is 25.0. The smallest absolute Gasteiger partial charge is 0.169 e. The maximum atomic E-state index is 4.97. The van der Waals surface area contributed by atoms with Crippen LogP contribution in [0.25, 0.3) is 0 Å². The molecule has 1 atom stereocenters. The van der Waals surface area contributed by atoms with Crippen molar-refractivity contribution in [2.75, 3.05) is 6.61 Å². The van der Waals surface area contributed by atoms with E-state index in [4.69, 9.17) is 4.74 Å². The summed E-state index contributed by atoms with van der Waals surface area (Å²) in [6.45, 7) is 5.19. The van der Waals surface area contributed by atoms with E-state index in [2.05, 4.69) is 18.8 Å². The molecule has 0 N–H and O–H groups in total. The van der Waals surface area contributed by atoms with Gasteiger partial charge in [0.05, 0.1) is 6.04 Å². The highest BCUT2D eigenvalue weighted by atomic mass is 16.5. The molecule has 0 radical (unpaired) electrons. The van der Waals surface area contributed by atoms with Crippen LogP contribution in [0.15, 0.2) is 4.99 Å². The second-order valence-electron chi connectivity index (χ2n) is 2.87. The number of hydrogen-bond donors (Lipinski definition) is 0. The standard InChI is InChI=1S/C7H13NO/c1-6(2)3-7-4-9-5-8-7/h5-7H,3-4H2,1-2H3. The molecule has 1 unspecified atom stereocenters. The molecule has 0 aliphatic carbocycles. The van der Waals surface area contributed by atoms with E-state index in [0.717, 1.165) is 18.9 Å². The van der Waals surface area contributed by atoms with Crippen LogP contribution in [0.5, 0.6) is 0 Å². The molecule has 0 aromatic carbocycles. The molecule has 1 aliphatic rings. The van der Waals surface area contributed by atoms with Gasteiger partial charge < -0.3 is 4.74 Å². The summed E-state index contributed by atoms with van der Waals surface area (Å²) < 4.78 is 4.97. The van der Waals surface area contributed by atoms with E-state index in [1.54, 1.807) is 6.40 Å². The third kappa shape index (κ3) is 2.04. The van der Waals surface area contributed by atoms with Crippen LogP contribution in [0, 0.1) is 5.92 Å². The zero-order chi connectivity index (χ0) is 6.69. The highest BCUT2D eigenvalue weighted by Gasteiger charge is 2.12. The highest BCUT2D eigenvalue weighted by molar-refractivity contribution is 5.48. The first-order valence-corrected chi connectivity index (χ1v) is 3.42. The molecule has 0 aromatic rings. The quantitative estimate of drug-likeness (QED) is 0.550. The third-order valence-electron chi connectivity index (χ3n) is 1.38. The molecular formula is C7H13NO. The van der Waals surface area contributed by atoms with Crippen LogP contribution in [0.2, 0.25) is 0 Å². The summed E-state index contributed by atoms with van der Waals surface area (Å²) >= 11 is 0. The second-order valence-corrected chi connectivity index (χ2v) is 2.87. The third-order valence-corrected chi connectivity index (χ3v) is 1.38. The SMILES string of the molecule is CC(C)CC1COC=N1. The molecule has 0 fully saturated rings. The lowest BCUT2D eigenvalue weighted by molar-refractivity contribution is 0.310. The topological polar surface area (TPSA) is 21.6 Å². The molecule has 1 heterocycles. The number of hydrogen-bond acceptors (Lipinski definition) is 2. The fraction of sp³-hybridized carbons (Fsp3) is 0.857. The van der Waals surface area contributed by atoms with Gasteiger partial charge in [-0.1, -0.05) is 13.8 Å². The van der Waals surface area contributed by atoms with E-state index >= 15 is 0 Å². The summed E-state index contributed by atoms with van der Waals surface area (Å²) in [5.74, 6) is 0.730. The fourth-order valence-electron chi connectivity index (χ4n) is 0.999. The zero-order valence-corrected chi connectivity index (χ0v) is 6.00. The summed E-state index contributed by atoms with van der Waals surface area (Å²) in [4.78, 5) is 4.13. The first kappa shape index (κ1) is 6.59. The Kier molecular flexibility index (Phi) is 2.09. The van der Waals surface area contributed by atoms with Gasteiger partial charge >= 0.3 is 0 Å². The minimum absolute atomic E-state index is 0.435.